The molecule has 16 heteroatoms. The first-order chi connectivity index (χ1) is 25.8. The molecule has 54 heavy (non-hydrogen) atoms. The quantitative estimate of drug-likeness (QED) is 0.0220. The number of hydrogen-bond donors (Lipinski definition) is 8. The molecule has 0 bridgehead atoms. The summed E-state index contributed by atoms with van der Waals surface area (Å²) in [6, 6.07) is 5.25. The molecule has 3 amide bonds. The fourth-order valence-electron chi connectivity index (χ4n) is 5.62. The molecule has 0 aliphatic carbocycles. The van der Waals surface area contributed by atoms with Crippen LogP contribution in [0.1, 0.15) is 138 Å². The van der Waals surface area contributed by atoms with Gasteiger partial charge in [-0.3, -0.25) is 34.6 Å². The maximum Gasteiger partial charge on any atom is 0.352 e. The Morgan fingerprint density at radius 1 is 0.685 bits per heavy atom. The highest BCUT2D eigenvalue weighted by Crippen LogP contribution is 2.15. The summed E-state index contributed by atoms with van der Waals surface area (Å²) in [6.45, 7) is 0.424. The molecular weight excluding hydrogens is 702 g/mol. The molecule has 302 valence electrons. The molecule has 0 fully saturated rings. The predicted octanol–water partition coefficient (Wildman–Crippen LogP) is 4.33. The number of rotatable bonds is 32. The molecule has 16 nitrogen and oxygen atoms in total. The number of hydrogen-bond acceptors (Lipinski definition) is 9. The van der Waals surface area contributed by atoms with E-state index in [4.69, 9.17) is 16.1 Å². The van der Waals surface area contributed by atoms with Crippen LogP contribution in [-0.2, 0) is 35.3 Å². The second kappa shape index (κ2) is 28.6. The van der Waals surface area contributed by atoms with Crippen LogP contribution in [0.5, 0.6) is 0 Å². The fraction of sp³-hybridized carbons (Fsp3) is 0.605. The van der Waals surface area contributed by atoms with E-state index in [0.29, 0.717) is 31.2 Å². The van der Waals surface area contributed by atoms with Crippen molar-refractivity contribution < 1.29 is 54.0 Å². The average Bonchev–Trinajstić information content (AvgIpc) is 3.12. The van der Waals surface area contributed by atoms with Crippen molar-refractivity contribution in [3.8, 4) is 0 Å². The van der Waals surface area contributed by atoms with Gasteiger partial charge in [0.2, 0.25) is 11.8 Å². The predicted molar refractivity (Wildman–Crippen MR) is 200 cm³/mol. The Morgan fingerprint density at radius 2 is 1.22 bits per heavy atom. The third kappa shape index (κ3) is 23.0. The third-order valence-electron chi connectivity index (χ3n) is 8.78. The molecule has 1 aromatic carbocycles. The number of nitrogens with zero attached hydrogens (tertiary/aromatic N) is 1. The lowest BCUT2D eigenvalue weighted by Gasteiger charge is -2.22. The van der Waals surface area contributed by atoms with Crippen molar-refractivity contribution in [1.29, 1.82) is 0 Å². The lowest BCUT2D eigenvalue weighted by Crippen LogP contribution is -2.41. The molecule has 0 saturated heterocycles. The minimum absolute atomic E-state index is 0.0350. The normalized spacial score (nSPS) is 11.8. The zero-order valence-corrected chi connectivity index (χ0v) is 31.2. The summed E-state index contributed by atoms with van der Waals surface area (Å²) in [5, 5.41) is 41.3. The van der Waals surface area contributed by atoms with E-state index >= 15 is 0 Å². The van der Waals surface area contributed by atoms with Gasteiger partial charge in [0.05, 0.1) is 6.42 Å². The van der Waals surface area contributed by atoms with Gasteiger partial charge < -0.3 is 36.0 Å². The highest BCUT2D eigenvalue weighted by atomic mass is 16.4. The van der Waals surface area contributed by atoms with Gasteiger partial charge in [0.1, 0.15) is 11.7 Å². The number of carboxylic acid groups (broad SMARTS) is 4. The van der Waals surface area contributed by atoms with Crippen molar-refractivity contribution in [2.24, 2.45) is 5.84 Å². The SMILES string of the molecule is NN[C@@H](CCCCNC(=O)C/C=C(/NC(=O)c1ccc(CN(CCC(=O)O)C(=O)CCCCCCCCCCCCCCC(=O)O)cc1)C(=O)O)C(=O)O. The highest BCUT2D eigenvalue weighted by molar-refractivity contribution is 6.00. The monoisotopic (exact) mass is 761 g/mol. The maximum absolute atomic E-state index is 13.0. The first-order valence-electron chi connectivity index (χ1n) is 18.8. The summed E-state index contributed by atoms with van der Waals surface area (Å²) in [4.78, 5) is 84.0. The van der Waals surface area contributed by atoms with Gasteiger partial charge in [-0.05, 0) is 55.9 Å². The highest BCUT2D eigenvalue weighted by Gasteiger charge is 2.18. The van der Waals surface area contributed by atoms with Gasteiger partial charge in [-0.25, -0.2) is 10.2 Å². The summed E-state index contributed by atoms with van der Waals surface area (Å²) < 4.78 is 0. The van der Waals surface area contributed by atoms with Gasteiger partial charge in [0.25, 0.3) is 5.91 Å². The summed E-state index contributed by atoms with van der Waals surface area (Å²) in [5.74, 6) is -0.462. The maximum atomic E-state index is 13.0. The van der Waals surface area contributed by atoms with Crippen molar-refractivity contribution in [3.63, 3.8) is 0 Å². The van der Waals surface area contributed by atoms with Gasteiger partial charge in [-0.2, -0.15) is 0 Å². The van der Waals surface area contributed by atoms with E-state index in [1.165, 1.54) is 23.5 Å². The summed E-state index contributed by atoms with van der Waals surface area (Å²) in [5.41, 5.74) is 2.50. The van der Waals surface area contributed by atoms with Crippen molar-refractivity contribution >= 4 is 41.6 Å². The number of aliphatic carboxylic acids is 4. The van der Waals surface area contributed by atoms with Crippen LogP contribution in [-0.4, -0.2) is 86.1 Å². The van der Waals surface area contributed by atoms with Gasteiger partial charge in [0, 0.05) is 44.5 Å². The summed E-state index contributed by atoms with van der Waals surface area (Å²) >= 11 is 0. The van der Waals surface area contributed by atoms with E-state index in [2.05, 4.69) is 16.1 Å². The Morgan fingerprint density at radius 3 is 1.72 bits per heavy atom. The molecule has 0 radical (unpaired) electrons. The van der Waals surface area contributed by atoms with Crippen LogP contribution in [0.4, 0.5) is 0 Å². The first kappa shape index (κ1) is 47.2. The lowest BCUT2D eigenvalue weighted by atomic mass is 10.0. The Bertz CT molecular complexity index is 1370. The van der Waals surface area contributed by atoms with Crippen LogP contribution in [0.25, 0.3) is 0 Å². The van der Waals surface area contributed by atoms with Gasteiger partial charge in [0.15, 0.2) is 0 Å². The topological polar surface area (TPSA) is 266 Å². The number of hydrazine groups is 1. The van der Waals surface area contributed by atoms with E-state index in [-0.39, 0.29) is 56.8 Å². The molecule has 1 aromatic rings. The number of carbonyl (C=O) groups excluding carboxylic acids is 3. The van der Waals surface area contributed by atoms with Gasteiger partial charge in [-0.15, -0.1) is 0 Å². The van der Waals surface area contributed by atoms with Crippen molar-refractivity contribution in [3.05, 3.63) is 47.2 Å². The zero-order valence-electron chi connectivity index (χ0n) is 31.2. The molecule has 1 rings (SSSR count). The van der Waals surface area contributed by atoms with Crippen LogP contribution >= 0.6 is 0 Å². The van der Waals surface area contributed by atoms with Crippen LogP contribution in [0.15, 0.2) is 36.0 Å². The van der Waals surface area contributed by atoms with Crippen LogP contribution in [0, 0.1) is 0 Å². The fourth-order valence-corrected chi connectivity index (χ4v) is 5.62. The van der Waals surface area contributed by atoms with Gasteiger partial charge >= 0.3 is 23.9 Å². The zero-order chi connectivity index (χ0) is 40.1. The van der Waals surface area contributed by atoms with E-state index in [0.717, 1.165) is 70.3 Å². The molecule has 0 aromatic heterocycles. The molecule has 1 atom stereocenters. The average molecular weight is 762 g/mol. The molecule has 0 aliphatic heterocycles. The Balaban J connectivity index is 2.51. The summed E-state index contributed by atoms with van der Waals surface area (Å²) in [6.07, 6.45) is 14.5. The number of unbranched alkanes of at least 4 members (excludes halogenated alkanes) is 12. The molecule has 0 saturated carbocycles. The molecule has 9 N–H and O–H groups in total. The standard InChI is InChI=1S/C38H59N5O11/c39-42-31(38(53)54)15-13-14-25-40-32(44)23-22-30(37(51)52)41-36(50)29-20-18-28(19-21-29)27-43(26-24-35(48)49)33(45)16-11-9-7-5-3-1-2-4-6-8-10-12-17-34(46)47/h18-22,31,42H,1-17,23-27,39H2,(H,40,44)(H,41,50)(H,46,47)(H,48,49)(H,51,52)(H,53,54)/b30-22+/t31-/m0/s1. The molecule has 0 unspecified atom stereocenters. The number of nitrogens with one attached hydrogen (secondary N) is 3. The van der Waals surface area contributed by atoms with Gasteiger partial charge in [-0.1, -0.05) is 76.3 Å². The van der Waals surface area contributed by atoms with Crippen LogP contribution < -0.4 is 21.9 Å². The minimum Gasteiger partial charge on any atom is -0.481 e. The Labute approximate surface area is 316 Å². The van der Waals surface area contributed by atoms with Crippen molar-refractivity contribution in [2.45, 2.75) is 135 Å². The largest absolute Gasteiger partial charge is 0.481 e. The number of carbonyl (C=O) groups is 7. The lowest BCUT2D eigenvalue weighted by molar-refractivity contribution is -0.140. The third-order valence-corrected chi connectivity index (χ3v) is 8.78. The Kier molecular flexibility index (Phi) is 25.0. The second-order valence-electron chi connectivity index (χ2n) is 13.3. The van der Waals surface area contributed by atoms with Crippen LogP contribution in [0.3, 0.4) is 0 Å². The number of carboxylic acids is 4. The van der Waals surface area contributed by atoms with E-state index in [1.807, 2.05) is 0 Å². The van der Waals surface area contributed by atoms with E-state index in [1.54, 1.807) is 12.1 Å². The minimum atomic E-state index is -1.44. The molecule has 0 heterocycles. The number of nitrogens with two attached hydrogens (primary N) is 1. The van der Waals surface area contributed by atoms with Crippen LogP contribution in [0.2, 0.25) is 0 Å². The molecular formula is C38H59N5O11. The van der Waals surface area contributed by atoms with Crippen molar-refractivity contribution in [1.82, 2.24) is 21.0 Å². The Hall–Kier alpha value is -4.83. The summed E-state index contributed by atoms with van der Waals surface area (Å²) in [7, 11) is 0. The number of benzene rings is 1. The van der Waals surface area contributed by atoms with Crippen molar-refractivity contribution in [2.75, 3.05) is 13.1 Å². The molecule has 0 aliphatic rings. The first-order valence-corrected chi connectivity index (χ1v) is 18.8. The van der Waals surface area contributed by atoms with E-state index in [9.17, 15) is 43.8 Å². The molecule has 0 spiro atoms. The smallest absolute Gasteiger partial charge is 0.352 e. The number of amides is 3. The second-order valence-corrected chi connectivity index (χ2v) is 13.3. The van der Waals surface area contributed by atoms with E-state index < -0.39 is 47.4 Å².